The molecule has 0 radical (unpaired) electrons. The van der Waals surface area contributed by atoms with Crippen LogP contribution in [-0.4, -0.2) is 86.7 Å². The molecule has 0 bridgehead atoms. The number of benzene rings is 1. The average Bonchev–Trinajstić information content (AvgIpc) is 3.51. The van der Waals surface area contributed by atoms with Gasteiger partial charge in [-0.05, 0) is 24.8 Å². The van der Waals surface area contributed by atoms with Crippen molar-refractivity contribution in [3.8, 4) is 5.75 Å². The van der Waals surface area contributed by atoms with Gasteiger partial charge in [0.2, 0.25) is 5.91 Å². The van der Waals surface area contributed by atoms with Crippen LogP contribution in [0, 0.1) is 17.8 Å². The number of methoxy groups -OCH3 is 1. The molecule has 3 fully saturated rings. The summed E-state index contributed by atoms with van der Waals surface area (Å²) < 4.78 is 11.3. The number of likely N-dealkylation sites (tertiary alicyclic amines) is 1. The molecule has 6 nitrogen and oxygen atoms in total. The topological polar surface area (TPSA) is 45.2 Å². The Hall–Kier alpha value is -1.63. The molecular weight excluding hydrogens is 366 g/mol. The average molecular weight is 400 g/mol. The van der Waals surface area contributed by atoms with Gasteiger partial charge >= 0.3 is 0 Å². The van der Waals surface area contributed by atoms with Gasteiger partial charge in [-0.25, -0.2) is 0 Å². The highest BCUT2D eigenvalue weighted by atomic mass is 16.5. The van der Waals surface area contributed by atoms with Gasteiger partial charge in [0.15, 0.2) is 0 Å². The summed E-state index contributed by atoms with van der Waals surface area (Å²) in [6.45, 7) is 7.93. The molecule has 3 heterocycles. The molecule has 29 heavy (non-hydrogen) atoms. The van der Waals surface area contributed by atoms with Crippen LogP contribution in [0.3, 0.4) is 0 Å². The van der Waals surface area contributed by atoms with Crippen LogP contribution in [0.15, 0.2) is 24.3 Å². The van der Waals surface area contributed by atoms with Crippen LogP contribution >= 0.6 is 0 Å². The molecule has 4 aliphatic rings. The van der Waals surface area contributed by atoms with Crippen LogP contribution in [0.1, 0.15) is 24.4 Å². The minimum atomic E-state index is 0.0534. The molecule has 0 N–H and O–H groups in total. The van der Waals surface area contributed by atoms with Gasteiger partial charge < -0.3 is 14.4 Å². The number of hydrogen-bond donors (Lipinski definition) is 0. The van der Waals surface area contributed by atoms with Crippen molar-refractivity contribution in [3.63, 3.8) is 0 Å². The molecule has 2 saturated heterocycles. The first-order valence-corrected chi connectivity index (χ1v) is 11.2. The fourth-order valence-corrected chi connectivity index (χ4v) is 5.40. The van der Waals surface area contributed by atoms with Gasteiger partial charge in [-0.3, -0.25) is 14.6 Å². The van der Waals surface area contributed by atoms with E-state index in [4.69, 9.17) is 9.47 Å². The fraction of sp³-hybridized carbons (Fsp3) is 0.696. The molecule has 0 spiro atoms. The number of para-hydroxylation sites is 1. The highest BCUT2D eigenvalue weighted by Gasteiger charge is 2.50. The molecule has 0 aromatic heterocycles. The number of ether oxygens (including phenoxy) is 2. The van der Waals surface area contributed by atoms with Gasteiger partial charge in [0.25, 0.3) is 0 Å². The summed E-state index contributed by atoms with van der Waals surface area (Å²) in [5.74, 6) is 2.49. The van der Waals surface area contributed by atoms with E-state index >= 15 is 0 Å². The Morgan fingerprint density at radius 3 is 2.72 bits per heavy atom. The molecular formula is C23H33N3O3. The highest BCUT2D eigenvalue weighted by molar-refractivity contribution is 5.80. The second kappa shape index (κ2) is 8.25. The van der Waals surface area contributed by atoms with Gasteiger partial charge in [0.05, 0.1) is 19.1 Å². The number of amides is 1. The van der Waals surface area contributed by atoms with Crippen molar-refractivity contribution < 1.29 is 14.3 Å². The van der Waals surface area contributed by atoms with Crippen LogP contribution in [0.5, 0.6) is 5.75 Å². The van der Waals surface area contributed by atoms with Crippen molar-refractivity contribution in [1.82, 2.24) is 14.7 Å². The van der Waals surface area contributed by atoms with E-state index < -0.39 is 0 Å². The maximum Gasteiger partial charge on any atom is 0.227 e. The summed E-state index contributed by atoms with van der Waals surface area (Å²) in [7, 11) is 1.74. The quantitative estimate of drug-likeness (QED) is 0.731. The summed E-state index contributed by atoms with van der Waals surface area (Å²) in [6.07, 6.45) is 2.68. The molecule has 158 valence electrons. The first-order valence-electron chi connectivity index (χ1n) is 11.2. The minimum absolute atomic E-state index is 0.0534. The SMILES string of the molecule is COCCN1CCN(C(=O)[C@@H]2CN(CC3CC3)[C@H]3c4ccccc4OC[C@@H]23)CC1. The van der Waals surface area contributed by atoms with Gasteiger partial charge in [-0.2, -0.15) is 0 Å². The second-order valence-electron chi connectivity index (χ2n) is 9.12. The molecule has 1 aromatic rings. The van der Waals surface area contributed by atoms with Crippen LogP contribution < -0.4 is 4.74 Å². The Bertz CT molecular complexity index is 730. The second-order valence-corrected chi connectivity index (χ2v) is 9.12. The van der Waals surface area contributed by atoms with E-state index in [2.05, 4.69) is 32.9 Å². The van der Waals surface area contributed by atoms with Crippen molar-refractivity contribution in [3.05, 3.63) is 29.8 Å². The predicted molar refractivity (Wildman–Crippen MR) is 111 cm³/mol. The lowest BCUT2D eigenvalue weighted by Crippen LogP contribution is -2.52. The molecule has 1 amide bonds. The summed E-state index contributed by atoms with van der Waals surface area (Å²) in [4.78, 5) is 20.6. The van der Waals surface area contributed by atoms with Crippen LogP contribution in [0.2, 0.25) is 0 Å². The third kappa shape index (κ3) is 3.90. The lowest BCUT2D eigenvalue weighted by molar-refractivity contribution is -0.138. The largest absolute Gasteiger partial charge is 0.493 e. The first-order chi connectivity index (χ1) is 14.2. The van der Waals surface area contributed by atoms with Crippen LogP contribution in [0.25, 0.3) is 0 Å². The van der Waals surface area contributed by atoms with E-state index in [9.17, 15) is 4.79 Å². The standard InChI is InChI=1S/C23H33N3O3/c1-28-13-12-24-8-10-25(11-9-24)23(27)19-15-26(14-17-6-7-17)22-18-4-2-3-5-21(18)29-16-20(19)22/h2-5,17,19-20,22H,6-16H2,1H3/t19-,20+,22+/m1/s1. The minimum Gasteiger partial charge on any atom is -0.493 e. The zero-order valence-electron chi connectivity index (χ0n) is 17.5. The van der Waals surface area contributed by atoms with Gasteiger partial charge in [-0.1, -0.05) is 18.2 Å². The number of rotatable bonds is 6. The summed E-state index contributed by atoms with van der Waals surface area (Å²) >= 11 is 0. The van der Waals surface area contributed by atoms with Gasteiger partial charge in [-0.15, -0.1) is 0 Å². The molecule has 6 heteroatoms. The molecule has 3 atom stereocenters. The van der Waals surface area contributed by atoms with Crippen LogP contribution in [-0.2, 0) is 9.53 Å². The smallest absolute Gasteiger partial charge is 0.227 e. The van der Waals surface area contributed by atoms with Gasteiger partial charge in [0.1, 0.15) is 5.75 Å². The zero-order valence-corrected chi connectivity index (χ0v) is 17.5. The normalized spacial score (nSPS) is 30.0. The first kappa shape index (κ1) is 19.3. The van der Waals surface area contributed by atoms with E-state index in [1.807, 2.05) is 6.07 Å². The summed E-state index contributed by atoms with van der Waals surface area (Å²) in [6, 6.07) is 8.76. The zero-order chi connectivity index (χ0) is 19.8. The third-order valence-electron chi connectivity index (χ3n) is 7.22. The van der Waals surface area contributed by atoms with E-state index in [1.165, 1.54) is 18.4 Å². The van der Waals surface area contributed by atoms with Crippen LogP contribution in [0.4, 0.5) is 0 Å². The third-order valence-corrected chi connectivity index (χ3v) is 7.22. The number of carbonyl (C=O) groups excluding carboxylic acids is 1. The van der Waals surface area contributed by atoms with E-state index in [0.29, 0.717) is 18.6 Å². The van der Waals surface area contributed by atoms with E-state index in [1.54, 1.807) is 7.11 Å². The van der Waals surface area contributed by atoms with E-state index in [-0.39, 0.29) is 11.8 Å². The molecule has 1 aliphatic carbocycles. The lowest BCUT2D eigenvalue weighted by Gasteiger charge is -2.37. The molecule has 5 rings (SSSR count). The van der Waals surface area contributed by atoms with Crippen molar-refractivity contribution in [1.29, 1.82) is 0 Å². The molecule has 1 saturated carbocycles. The molecule has 0 unspecified atom stereocenters. The number of carbonyl (C=O) groups is 1. The number of hydrogen-bond acceptors (Lipinski definition) is 5. The summed E-state index contributed by atoms with van der Waals surface area (Å²) in [5, 5.41) is 0. The van der Waals surface area contributed by atoms with E-state index in [0.717, 1.165) is 64.1 Å². The number of nitrogens with zero attached hydrogens (tertiary/aromatic N) is 3. The maximum absolute atomic E-state index is 13.5. The number of piperazine rings is 1. The van der Waals surface area contributed by atoms with Crippen molar-refractivity contribution in [2.75, 3.05) is 66.1 Å². The van der Waals surface area contributed by atoms with Gasteiger partial charge in [0, 0.05) is 70.4 Å². The van der Waals surface area contributed by atoms with Crippen molar-refractivity contribution in [2.24, 2.45) is 17.8 Å². The Morgan fingerprint density at radius 1 is 1.17 bits per heavy atom. The predicted octanol–water partition coefficient (Wildman–Crippen LogP) is 1.87. The Morgan fingerprint density at radius 2 is 1.97 bits per heavy atom. The van der Waals surface area contributed by atoms with Crippen molar-refractivity contribution in [2.45, 2.75) is 18.9 Å². The Balaban J connectivity index is 1.30. The fourth-order valence-electron chi connectivity index (χ4n) is 5.40. The van der Waals surface area contributed by atoms with Crippen molar-refractivity contribution >= 4 is 5.91 Å². The highest BCUT2D eigenvalue weighted by Crippen LogP contribution is 2.49. The lowest BCUT2D eigenvalue weighted by atomic mass is 9.84. The Labute approximate surface area is 173 Å². The molecule has 3 aliphatic heterocycles. The monoisotopic (exact) mass is 399 g/mol. The Kier molecular flexibility index (Phi) is 5.50. The molecule has 1 aromatic carbocycles. The summed E-state index contributed by atoms with van der Waals surface area (Å²) in [5.41, 5.74) is 1.28. The number of fused-ring (bicyclic) bond motifs is 3. The maximum atomic E-state index is 13.5.